The fraction of sp³-hybridized carbons (Fsp3) is 0.364. The van der Waals surface area contributed by atoms with Crippen molar-refractivity contribution in [1.29, 1.82) is 0 Å². The van der Waals surface area contributed by atoms with Crippen LogP contribution in [0.5, 0.6) is 0 Å². The number of carbonyl (C=O) groups excluding carboxylic acids is 1. The predicted octanol–water partition coefficient (Wildman–Crippen LogP) is 3.50. The molecule has 1 aliphatic carbocycles. The van der Waals surface area contributed by atoms with Gasteiger partial charge < -0.3 is 15.0 Å². The van der Waals surface area contributed by atoms with Crippen molar-refractivity contribution in [3.05, 3.63) is 42.3 Å². The number of nitrogens with one attached hydrogen (secondary N) is 3. The summed E-state index contributed by atoms with van der Waals surface area (Å²) in [5, 5.41) is 3.59. The highest BCUT2D eigenvalue weighted by Crippen LogP contribution is 2.34. The predicted molar refractivity (Wildman–Crippen MR) is 119 cm³/mol. The summed E-state index contributed by atoms with van der Waals surface area (Å²) in [4.78, 5) is 19.6. The molecular formula is C22H23FN4O4S. The van der Waals surface area contributed by atoms with E-state index in [-0.39, 0.29) is 29.2 Å². The van der Waals surface area contributed by atoms with Gasteiger partial charge in [-0.15, -0.1) is 0 Å². The van der Waals surface area contributed by atoms with Crippen LogP contribution in [0.2, 0.25) is 0 Å². The Bertz CT molecular complexity index is 1280. The lowest BCUT2D eigenvalue weighted by Crippen LogP contribution is -2.23. The van der Waals surface area contributed by atoms with Crippen molar-refractivity contribution in [2.45, 2.75) is 19.3 Å². The lowest BCUT2D eigenvalue weighted by molar-refractivity contribution is -0.117. The molecule has 1 aromatic carbocycles. The first-order valence-corrected chi connectivity index (χ1v) is 12.2. The Morgan fingerprint density at radius 3 is 2.78 bits per heavy atom. The number of aromatic amines is 1. The van der Waals surface area contributed by atoms with Gasteiger partial charge in [0.25, 0.3) is 0 Å². The zero-order valence-electron chi connectivity index (χ0n) is 17.2. The minimum absolute atomic E-state index is 0.0279. The second kappa shape index (κ2) is 8.18. The van der Waals surface area contributed by atoms with Gasteiger partial charge in [0, 0.05) is 30.0 Å². The van der Waals surface area contributed by atoms with E-state index in [4.69, 9.17) is 4.74 Å². The highest BCUT2D eigenvalue weighted by molar-refractivity contribution is 7.92. The summed E-state index contributed by atoms with van der Waals surface area (Å²) >= 11 is 0. The van der Waals surface area contributed by atoms with Crippen molar-refractivity contribution in [3.8, 4) is 11.1 Å². The van der Waals surface area contributed by atoms with Crippen molar-refractivity contribution in [2.75, 3.05) is 29.0 Å². The second-order valence-corrected chi connectivity index (χ2v) is 10.1. The van der Waals surface area contributed by atoms with Crippen molar-refractivity contribution in [2.24, 2.45) is 11.8 Å². The molecule has 1 atom stereocenters. The smallest absolute Gasteiger partial charge is 0.233 e. The summed E-state index contributed by atoms with van der Waals surface area (Å²) in [5.41, 5.74) is 1.69. The maximum Gasteiger partial charge on any atom is 0.233 e. The van der Waals surface area contributed by atoms with Gasteiger partial charge in [-0.25, -0.2) is 17.8 Å². The number of rotatable bonds is 7. The molecule has 3 heterocycles. The molecule has 32 heavy (non-hydrogen) atoms. The minimum atomic E-state index is -3.70. The number of sulfonamides is 1. The number of halogens is 1. The van der Waals surface area contributed by atoms with Crippen LogP contribution in [0.15, 0.2) is 36.5 Å². The number of hydrogen-bond acceptors (Lipinski definition) is 5. The standard InChI is InChI=1S/C22H23FN4O4S/c23-18-9-15(3-4-19(18)27-32(29,30)12-13-6-8-31-11-13)17-10-20(26-22(28)14-1-2-14)25-21-16(17)5-7-24-21/h3-5,7,9-10,13-14,27H,1-2,6,8,11-12H2,(H2,24,25,26,28). The molecule has 2 aromatic heterocycles. The third-order valence-corrected chi connectivity index (χ3v) is 7.19. The molecule has 0 bridgehead atoms. The van der Waals surface area contributed by atoms with Gasteiger partial charge in [0.15, 0.2) is 0 Å². The third kappa shape index (κ3) is 4.46. The Hall–Kier alpha value is -2.98. The monoisotopic (exact) mass is 458 g/mol. The molecule has 0 spiro atoms. The van der Waals surface area contributed by atoms with E-state index in [9.17, 15) is 17.6 Å². The summed E-state index contributed by atoms with van der Waals surface area (Å²) in [5.74, 6) is -0.531. The zero-order valence-corrected chi connectivity index (χ0v) is 18.0. The fourth-order valence-electron chi connectivity index (χ4n) is 3.91. The van der Waals surface area contributed by atoms with Crippen LogP contribution in [0, 0.1) is 17.7 Å². The van der Waals surface area contributed by atoms with Gasteiger partial charge in [-0.2, -0.15) is 0 Å². The van der Waals surface area contributed by atoms with Crippen LogP contribution in [0.1, 0.15) is 19.3 Å². The maximum atomic E-state index is 14.9. The van der Waals surface area contributed by atoms with E-state index in [2.05, 4.69) is 20.0 Å². The van der Waals surface area contributed by atoms with Gasteiger partial charge in [0.2, 0.25) is 15.9 Å². The van der Waals surface area contributed by atoms with Crippen molar-refractivity contribution >= 4 is 38.5 Å². The molecule has 5 rings (SSSR count). The minimum Gasteiger partial charge on any atom is -0.381 e. The number of fused-ring (bicyclic) bond motifs is 1. The fourth-order valence-corrected chi connectivity index (χ4v) is 5.38. The van der Waals surface area contributed by atoms with Crippen LogP contribution in [0.25, 0.3) is 22.2 Å². The molecule has 1 saturated heterocycles. The highest BCUT2D eigenvalue weighted by Gasteiger charge is 2.30. The number of pyridine rings is 1. The molecular weight excluding hydrogens is 435 g/mol. The Labute approximate surface area is 184 Å². The Kier molecular flexibility index (Phi) is 5.34. The van der Waals surface area contributed by atoms with Crippen LogP contribution in [-0.4, -0.2) is 43.3 Å². The summed E-state index contributed by atoms with van der Waals surface area (Å²) in [6.45, 7) is 0.947. The highest BCUT2D eigenvalue weighted by atomic mass is 32.2. The molecule has 2 fully saturated rings. The van der Waals surface area contributed by atoms with Gasteiger partial charge in [-0.3, -0.25) is 9.52 Å². The summed E-state index contributed by atoms with van der Waals surface area (Å²) in [7, 11) is -3.70. The van der Waals surface area contributed by atoms with Gasteiger partial charge >= 0.3 is 0 Å². The Balaban J connectivity index is 1.41. The zero-order chi connectivity index (χ0) is 22.3. The number of nitrogens with zero attached hydrogens (tertiary/aromatic N) is 1. The first-order chi connectivity index (χ1) is 15.4. The molecule has 3 aromatic rings. The number of carbonyl (C=O) groups is 1. The number of ether oxygens (including phenoxy) is 1. The first-order valence-electron chi connectivity index (χ1n) is 10.5. The number of hydrogen-bond donors (Lipinski definition) is 3. The Morgan fingerprint density at radius 1 is 1.22 bits per heavy atom. The molecule has 8 nitrogen and oxygen atoms in total. The summed E-state index contributed by atoms with van der Waals surface area (Å²) in [6, 6.07) is 7.87. The Morgan fingerprint density at radius 2 is 2.06 bits per heavy atom. The molecule has 3 N–H and O–H groups in total. The van der Waals surface area contributed by atoms with E-state index in [0.717, 1.165) is 18.2 Å². The van der Waals surface area contributed by atoms with Crippen LogP contribution in [0.4, 0.5) is 15.9 Å². The quantitative estimate of drug-likeness (QED) is 0.502. The number of benzene rings is 1. The van der Waals surface area contributed by atoms with Gasteiger partial charge in [-0.05, 0) is 54.7 Å². The molecule has 10 heteroatoms. The summed E-state index contributed by atoms with van der Waals surface area (Å²) in [6.07, 6.45) is 4.15. The van der Waals surface area contributed by atoms with Crippen molar-refractivity contribution in [3.63, 3.8) is 0 Å². The van der Waals surface area contributed by atoms with Crippen LogP contribution in [-0.2, 0) is 19.6 Å². The van der Waals surface area contributed by atoms with E-state index < -0.39 is 15.8 Å². The van der Waals surface area contributed by atoms with E-state index in [1.165, 1.54) is 12.1 Å². The lowest BCUT2D eigenvalue weighted by Gasteiger charge is -2.13. The summed E-state index contributed by atoms with van der Waals surface area (Å²) < 4.78 is 47.3. The topological polar surface area (TPSA) is 113 Å². The van der Waals surface area contributed by atoms with E-state index in [0.29, 0.717) is 42.2 Å². The lowest BCUT2D eigenvalue weighted by atomic mass is 10.0. The van der Waals surface area contributed by atoms with E-state index in [1.54, 1.807) is 18.3 Å². The molecule has 168 valence electrons. The second-order valence-electron chi connectivity index (χ2n) is 8.37. The average molecular weight is 459 g/mol. The maximum absolute atomic E-state index is 14.9. The molecule has 1 saturated carbocycles. The first kappa shape index (κ1) is 20.9. The molecule has 1 aliphatic heterocycles. The normalized spacial score (nSPS) is 18.7. The van der Waals surface area contributed by atoms with Gasteiger partial charge in [-0.1, -0.05) is 6.07 Å². The number of H-pyrrole nitrogens is 1. The molecule has 0 radical (unpaired) electrons. The van der Waals surface area contributed by atoms with E-state index >= 15 is 0 Å². The largest absolute Gasteiger partial charge is 0.381 e. The van der Waals surface area contributed by atoms with E-state index in [1.807, 2.05) is 6.07 Å². The molecule has 2 aliphatic rings. The third-order valence-electron chi connectivity index (χ3n) is 5.75. The number of aromatic nitrogens is 2. The van der Waals surface area contributed by atoms with Crippen molar-refractivity contribution < 1.29 is 22.3 Å². The van der Waals surface area contributed by atoms with Crippen LogP contribution < -0.4 is 10.0 Å². The van der Waals surface area contributed by atoms with Crippen LogP contribution >= 0.6 is 0 Å². The SMILES string of the molecule is O=C(Nc1cc(-c2ccc(NS(=O)(=O)CC3CCOC3)c(F)c2)c2cc[nH]c2n1)C1CC1. The van der Waals surface area contributed by atoms with Gasteiger partial charge in [0.1, 0.15) is 17.3 Å². The van der Waals surface area contributed by atoms with Gasteiger partial charge in [0.05, 0.1) is 18.0 Å². The number of amides is 1. The van der Waals surface area contributed by atoms with Crippen LogP contribution in [0.3, 0.4) is 0 Å². The number of anilines is 2. The molecule has 1 amide bonds. The van der Waals surface area contributed by atoms with Crippen molar-refractivity contribution in [1.82, 2.24) is 9.97 Å². The average Bonchev–Trinajstić information content (AvgIpc) is 3.29. The molecule has 1 unspecified atom stereocenters.